The minimum atomic E-state index is -0.364. The molecule has 1 fully saturated rings. The summed E-state index contributed by atoms with van der Waals surface area (Å²) in [7, 11) is 0. The number of allylic oxidation sites excluding steroid dienone is 2. The van der Waals surface area contributed by atoms with Gasteiger partial charge in [0.1, 0.15) is 6.54 Å². The molecule has 4 rings (SSSR count). The summed E-state index contributed by atoms with van der Waals surface area (Å²) in [5.41, 5.74) is 0.786. The van der Waals surface area contributed by atoms with Crippen molar-refractivity contribution in [3.63, 3.8) is 0 Å². The second-order valence-corrected chi connectivity index (χ2v) is 6.50. The molecular formula is C18H18N2O3. The number of amides is 3. The lowest BCUT2D eigenvalue weighted by Crippen LogP contribution is -2.42. The number of carbonyl (C=O) groups is 3. The van der Waals surface area contributed by atoms with Gasteiger partial charge in [0.25, 0.3) is 11.8 Å². The minimum Gasteiger partial charge on any atom is -0.341 e. The van der Waals surface area contributed by atoms with E-state index in [4.69, 9.17) is 0 Å². The first-order chi connectivity index (χ1) is 11.1. The summed E-state index contributed by atoms with van der Waals surface area (Å²) in [6.45, 7) is 1.31. The molecule has 5 heteroatoms. The Kier molecular flexibility index (Phi) is 3.29. The van der Waals surface area contributed by atoms with E-state index >= 15 is 0 Å². The molecule has 2 atom stereocenters. The standard InChI is InChI=1S/C18H18N2O3/c21-16(19-9-12-5-1-2-6-13(12)10-19)11-20-17(22)14-7-3-4-8-15(14)18(20)23/h1-4,7-8,12-13H,5-6,9-11H2. The Hall–Kier alpha value is -2.43. The van der Waals surface area contributed by atoms with E-state index in [0.29, 0.717) is 23.0 Å². The summed E-state index contributed by atoms with van der Waals surface area (Å²) in [5, 5.41) is 0. The van der Waals surface area contributed by atoms with Gasteiger partial charge in [-0.25, -0.2) is 0 Å². The number of hydrogen-bond acceptors (Lipinski definition) is 3. The van der Waals surface area contributed by atoms with Crippen molar-refractivity contribution in [1.82, 2.24) is 9.80 Å². The molecular weight excluding hydrogens is 292 g/mol. The van der Waals surface area contributed by atoms with Gasteiger partial charge in [0.15, 0.2) is 0 Å². The minimum absolute atomic E-state index is 0.131. The maximum absolute atomic E-state index is 12.5. The van der Waals surface area contributed by atoms with Crippen LogP contribution in [0.1, 0.15) is 33.6 Å². The normalized spacial score (nSPS) is 25.7. The van der Waals surface area contributed by atoms with Crippen molar-refractivity contribution in [3.05, 3.63) is 47.5 Å². The topological polar surface area (TPSA) is 57.7 Å². The molecule has 23 heavy (non-hydrogen) atoms. The van der Waals surface area contributed by atoms with Crippen LogP contribution in [0, 0.1) is 11.8 Å². The molecule has 3 aliphatic rings. The molecule has 1 aromatic rings. The van der Waals surface area contributed by atoms with Crippen LogP contribution in [0.25, 0.3) is 0 Å². The summed E-state index contributed by atoms with van der Waals surface area (Å²) in [6.07, 6.45) is 6.39. The zero-order valence-electron chi connectivity index (χ0n) is 12.8. The molecule has 1 aromatic carbocycles. The van der Waals surface area contributed by atoms with Gasteiger partial charge >= 0.3 is 0 Å². The highest BCUT2D eigenvalue weighted by atomic mass is 16.2. The monoisotopic (exact) mass is 310 g/mol. The van der Waals surface area contributed by atoms with E-state index in [2.05, 4.69) is 12.2 Å². The average molecular weight is 310 g/mol. The fourth-order valence-corrected chi connectivity index (χ4v) is 3.84. The molecule has 0 N–H and O–H groups in total. The fourth-order valence-electron chi connectivity index (χ4n) is 3.84. The maximum Gasteiger partial charge on any atom is 0.262 e. The number of rotatable bonds is 2. The van der Waals surface area contributed by atoms with Crippen LogP contribution in [0.3, 0.4) is 0 Å². The van der Waals surface area contributed by atoms with Gasteiger partial charge < -0.3 is 4.90 Å². The predicted octanol–water partition coefficient (Wildman–Crippen LogP) is 1.71. The molecule has 5 nitrogen and oxygen atoms in total. The molecule has 1 aliphatic carbocycles. The number of fused-ring (bicyclic) bond motifs is 2. The molecule has 2 heterocycles. The number of nitrogens with zero attached hydrogens (tertiary/aromatic N) is 2. The van der Waals surface area contributed by atoms with Crippen LogP contribution in [0.2, 0.25) is 0 Å². The van der Waals surface area contributed by atoms with Crippen molar-refractivity contribution in [2.24, 2.45) is 11.8 Å². The summed E-state index contributed by atoms with van der Waals surface area (Å²) < 4.78 is 0. The van der Waals surface area contributed by atoms with Crippen molar-refractivity contribution >= 4 is 17.7 Å². The Labute approximate surface area is 134 Å². The van der Waals surface area contributed by atoms with Crippen LogP contribution in [0.15, 0.2) is 36.4 Å². The van der Waals surface area contributed by atoms with Gasteiger partial charge in [-0.1, -0.05) is 24.3 Å². The van der Waals surface area contributed by atoms with Crippen LogP contribution in [-0.4, -0.2) is 47.2 Å². The molecule has 3 amide bonds. The Morgan fingerprint density at radius 2 is 1.48 bits per heavy atom. The molecule has 2 unspecified atom stereocenters. The van der Waals surface area contributed by atoms with E-state index in [9.17, 15) is 14.4 Å². The van der Waals surface area contributed by atoms with Gasteiger partial charge in [0.05, 0.1) is 11.1 Å². The first-order valence-electron chi connectivity index (χ1n) is 8.03. The highest BCUT2D eigenvalue weighted by Gasteiger charge is 2.40. The van der Waals surface area contributed by atoms with Crippen LogP contribution < -0.4 is 0 Å². The van der Waals surface area contributed by atoms with Gasteiger partial charge in [-0.05, 0) is 36.8 Å². The lowest BCUT2D eigenvalue weighted by Gasteiger charge is -2.20. The Bertz CT molecular complexity index is 674. The van der Waals surface area contributed by atoms with Crippen LogP contribution >= 0.6 is 0 Å². The molecule has 0 bridgehead atoms. The van der Waals surface area contributed by atoms with E-state index in [1.54, 1.807) is 24.3 Å². The molecule has 0 spiro atoms. The van der Waals surface area contributed by atoms with Gasteiger partial charge in [0, 0.05) is 13.1 Å². The number of hydrogen-bond donors (Lipinski definition) is 0. The molecule has 0 radical (unpaired) electrons. The average Bonchev–Trinajstić information content (AvgIpc) is 3.11. The second-order valence-electron chi connectivity index (χ2n) is 6.50. The Morgan fingerprint density at radius 3 is 2.00 bits per heavy atom. The Balaban J connectivity index is 1.46. The molecule has 1 saturated heterocycles. The van der Waals surface area contributed by atoms with E-state index in [-0.39, 0.29) is 24.3 Å². The third-order valence-corrected chi connectivity index (χ3v) is 5.15. The number of benzene rings is 1. The highest BCUT2D eigenvalue weighted by molar-refractivity contribution is 6.22. The zero-order chi connectivity index (χ0) is 16.0. The first-order valence-corrected chi connectivity index (χ1v) is 8.03. The van der Waals surface area contributed by atoms with Gasteiger partial charge in [-0.3, -0.25) is 19.3 Å². The predicted molar refractivity (Wildman–Crippen MR) is 83.7 cm³/mol. The zero-order valence-corrected chi connectivity index (χ0v) is 12.8. The fraction of sp³-hybridized carbons (Fsp3) is 0.389. The van der Waals surface area contributed by atoms with Crippen LogP contribution in [0.5, 0.6) is 0 Å². The summed E-state index contributed by atoms with van der Waals surface area (Å²) >= 11 is 0. The molecule has 118 valence electrons. The lowest BCUT2D eigenvalue weighted by atomic mass is 9.86. The number of likely N-dealkylation sites (tertiary alicyclic amines) is 1. The van der Waals surface area contributed by atoms with Crippen LogP contribution in [-0.2, 0) is 4.79 Å². The van der Waals surface area contributed by atoms with E-state index in [1.165, 1.54) is 0 Å². The van der Waals surface area contributed by atoms with Crippen molar-refractivity contribution < 1.29 is 14.4 Å². The van der Waals surface area contributed by atoms with Crippen molar-refractivity contribution in [2.75, 3.05) is 19.6 Å². The third-order valence-electron chi connectivity index (χ3n) is 5.15. The van der Waals surface area contributed by atoms with E-state index < -0.39 is 0 Å². The quantitative estimate of drug-likeness (QED) is 0.617. The van der Waals surface area contributed by atoms with Crippen molar-refractivity contribution in [1.29, 1.82) is 0 Å². The van der Waals surface area contributed by atoms with Gasteiger partial charge in [-0.2, -0.15) is 0 Å². The van der Waals surface area contributed by atoms with Gasteiger partial charge in [-0.15, -0.1) is 0 Å². The Morgan fingerprint density at radius 1 is 0.957 bits per heavy atom. The molecule has 0 saturated carbocycles. The van der Waals surface area contributed by atoms with E-state index in [0.717, 1.165) is 30.8 Å². The third kappa shape index (κ3) is 2.27. The maximum atomic E-state index is 12.5. The lowest BCUT2D eigenvalue weighted by molar-refractivity contribution is -0.130. The molecule has 0 aromatic heterocycles. The summed E-state index contributed by atoms with van der Waals surface area (Å²) in [4.78, 5) is 40.1. The number of carbonyl (C=O) groups excluding carboxylic acids is 3. The first kappa shape index (κ1) is 14.2. The number of imide groups is 1. The smallest absolute Gasteiger partial charge is 0.262 e. The van der Waals surface area contributed by atoms with Crippen LogP contribution in [0.4, 0.5) is 0 Å². The summed E-state index contributed by atoms with van der Waals surface area (Å²) in [5.74, 6) is 0.181. The van der Waals surface area contributed by atoms with Crippen molar-refractivity contribution in [3.8, 4) is 0 Å². The molecule has 2 aliphatic heterocycles. The second kappa shape index (κ2) is 5.33. The largest absolute Gasteiger partial charge is 0.341 e. The van der Waals surface area contributed by atoms with Gasteiger partial charge in [0.2, 0.25) is 5.91 Å². The SMILES string of the molecule is O=C(CN1C(=O)c2ccccc2C1=O)N1CC2CC=CCC2C1. The highest BCUT2D eigenvalue weighted by Crippen LogP contribution is 2.33. The summed E-state index contributed by atoms with van der Waals surface area (Å²) in [6, 6.07) is 6.73. The van der Waals surface area contributed by atoms with Crippen molar-refractivity contribution in [2.45, 2.75) is 12.8 Å². The van der Waals surface area contributed by atoms with E-state index in [1.807, 2.05) is 4.90 Å².